The van der Waals surface area contributed by atoms with Gasteiger partial charge in [-0.1, -0.05) is 12.1 Å². The molecule has 1 heterocycles. The first kappa shape index (κ1) is 11.7. The summed E-state index contributed by atoms with van der Waals surface area (Å²) in [5.74, 6) is -0.814. The van der Waals surface area contributed by atoms with Gasteiger partial charge in [0.25, 0.3) is 0 Å². The number of hydrogen-bond donors (Lipinski definition) is 2. The Hall–Kier alpha value is -1.81. The second kappa shape index (κ2) is 4.59. The van der Waals surface area contributed by atoms with Gasteiger partial charge >= 0.3 is 5.97 Å². The number of hydrogen-bond acceptors (Lipinski definition) is 3. The number of nitrogens with two attached hydrogens (primary N) is 1. The lowest BCUT2D eigenvalue weighted by Gasteiger charge is -2.03. The monoisotopic (exact) mass is 247 g/mol. The number of carbonyl (C=O) groups is 1. The molecule has 0 radical (unpaired) electrons. The van der Waals surface area contributed by atoms with Crippen LogP contribution in [0.4, 0.5) is 5.69 Å². The fourth-order valence-corrected chi connectivity index (χ4v) is 2.65. The Bertz CT molecular complexity index is 560. The number of benzene rings is 1. The Labute approximate surface area is 104 Å². The molecule has 0 saturated heterocycles. The fraction of sp³-hybridized carbons (Fsp3) is 0.154. The second-order valence-corrected chi connectivity index (χ2v) is 4.89. The Morgan fingerprint density at radius 2 is 2.18 bits per heavy atom. The van der Waals surface area contributed by atoms with Gasteiger partial charge in [0.15, 0.2) is 0 Å². The smallest absolute Gasteiger partial charge is 0.307 e. The van der Waals surface area contributed by atoms with Crippen LogP contribution in [0.2, 0.25) is 0 Å². The third-order valence-electron chi connectivity index (χ3n) is 2.48. The Morgan fingerprint density at radius 3 is 2.82 bits per heavy atom. The zero-order valence-electron chi connectivity index (χ0n) is 9.43. The number of carboxylic acids is 1. The minimum absolute atomic E-state index is 0.0578. The highest BCUT2D eigenvalue weighted by Crippen LogP contribution is 2.32. The summed E-state index contributed by atoms with van der Waals surface area (Å²) in [4.78, 5) is 11.6. The molecule has 0 unspecified atom stereocenters. The van der Waals surface area contributed by atoms with Crippen LogP contribution in [0.3, 0.4) is 0 Å². The lowest BCUT2D eigenvalue weighted by Crippen LogP contribution is -1.97. The van der Waals surface area contributed by atoms with Gasteiger partial charge in [-0.25, -0.2) is 0 Å². The van der Waals surface area contributed by atoms with Crippen LogP contribution in [-0.2, 0) is 11.2 Å². The highest BCUT2D eigenvalue weighted by atomic mass is 32.1. The Balaban J connectivity index is 2.33. The molecule has 0 saturated carbocycles. The van der Waals surface area contributed by atoms with Crippen molar-refractivity contribution >= 4 is 23.0 Å². The predicted molar refractivity (Wildman–Crippen MR) is 70.2 cm³/mol. The molecule has 0 aliphatic heterocycles. The second-order valence-electron chi connectivity index (χ2n) is 3.98. The molecule has 4 heteroatoms. The minimum atomic E-state index is -0.814. The molecular weight excluding hydrogens is 234 g/mol. The zero-order valence-corrected chi connectivity index (χ0v) is 10.3. The molecule has 3 nitrogen and oxygen atoms in total. The fourth-order valence-electron chi connectivity index (χ4n) is 1.69. The maximum atomic E-state index is 10.6. The summed E-state index contributed by atoms with van der Waals surface area (Å²) in [5, 5.41) is 10.6. The summed E-state index contributed by atoms with van der Waals surface area (Å²) in [6.07, 6.45) is 0.0578. The molecule has 0 amide bonds. The first-order valence-electron chi connectivity index (χ1n) is 5.22. The number of carboxylic acid groups (broad SMARTS) is 1. The molecule has 2 aromatic rings. The van der Waals surface area contributed by atoms with Gasteiger partial charge in [0, 0.05) is 16.1 Å². The molecule has 1 aromatic carbocycles. The van der Waals surface area contributed by atoms with Crippen molar-refractivity contribution in [3.05, 3.63) is 40.8 Å². The average molecular weight is 247 g/mol. The van der Waals surface area contributed by atoms with E-state index in [4.69, 9.17) is 10.8 Å². The standard InChI is InChI=1S/C13H13NO2S/c1-8-2-3-10(11(14)4-8)12-5-9(7-17-12)6-13(15)16/h2-5,7H,6,14H2,1H3,(H,15,16). The van der Waals surface area contributed by atoms with Crippen LogP contribution < -0.4 is 5.73 Å². The minimum Gasteiger partial charge on any atom is -0.481 e. The predicted octanol–water partition coefficient (Wildman–Crippen LogP) is 2.93. The van der Waals surface area contributed by atoms with E-state index < -0.39 is 5.97 Å². The number of thiophene rings is 1. The van der Waals surface area contributed by atoms with Crippen molar-refractivity contribution in [2.45, 2.75) is 13.3 Å². The van der Waals surface area contributed by atoms with E-state index in [9.17, 15) is 4.79 Å². The quantitative estimate of drug-likeness (QED) is 0.820. The number of anilines is 1. The van der Waals surface area contributed by atoms with Crippen LogP contribution >= 0.6 is 11.3 Å². The van der Waals surface area contributed by atoms with E-state index in [0.29, 0.717) is 0 Å². The normalized spacial score (nSPS) is 10.4. The molecular formula is C13H13NO2S. The van der Waals surface area contributed by atoms with Crippen molar-refractivity contribution in [2.75, 3.05) is 5.73 Å². The maximum Gasteiger partial charge on any atom is 0.307 e. The van der Waals surface area contributed by atoms with Gasteiger partial charge in [-0.2, -0.15) is 0 Å². The molecule has 88 valence electrons. The summed E-state index contributed by atoms with van der Waals surface area (Å²) < 4.78 is 0. The first-order valence-corrected chi connectivity index (χ1v) is 6.10. The molecule has 2 rings (SSSR count). The Morgan fingerprint density at radius 1 is 1.41 bits per heavy atom. The van der Waals surface area contributed by atoms with Crippen molar-refractivity contribution in [2.24, 2.45) is 0 Å². The molecule has 0 fully saturated rings. The summed E-state index contributed by atoms with van der Waals surface area (Å²) in [6, 6.07) is 7.79. The topological polar surface area (TPSA) is 63.3 Å². The van der Waals surface area contributed by atoms with E-state index in [1.807, 2.05) is 36.6 Å². The summed E-state index contributed by atoms with van der Waals surface area (Å²) >= 11 is 1.52. The van der Waals surface area contributed by atoms with Crippen molar-refractivity contribution in [3.8, 4) is 10.4 Å². The summed E-state index contributed by atoms with van der Waals surface area (Å²) in [6.45, 7) is 1.99. The van der Waals surface area contributed by atoms with Gasteiger partial charge in [0.2, 0.25) is 0 Å². The van der Waals surface area contributed by atoms with Crippen LogP contribution in [0.15, 0.2) is 29.6 Å². The van der Waals surface area contributed by atoms with Gasteiger partial charge in [-0.15, -0.1) is 11.3 Å². The Kier molecular flexibility index (Phi) is 3.15. The highest BCUT2D eigenvalue weighted by molar-refractivity contribution is 7.13. The third-order valence-corrected chi connectivity index (χ3v) is 3.49. The van der Waals surface area contributed by atoms with E-state index in [0.717, 1.165) is 27.3 Å². The van der Waals surface area contributed by atoms with Gasteiger partial charge in [-0.05, 0) is 35.6 Å². The maximum absolute atomic E-state index is 10.6. The zero-order chi connectivity index (χ0) is 12.4. The van der Waals surface area contributed by atoms with E-state index in [-0.39, 0.29) is 6.42 Å². The number of rotatable bonds is 3. The van der Waals surface area contributed by atoms with Crippen LogP contribution in [0.5, 0.6) is 0 Å². The lowest BCUT2D eigenvalue weighted by molar-refractivity contribution is -0.136. The molecule has 0 spiro atoms. The van der Waals surface area contributed by atoms with Crippen LogP contribution in [-0.4, -0.2) is 11.1 Å². The van der Waals surface area contributed by atoms with Crippen molar-refractivity contribution < 1.29 is 9.90 Å². The van der Waals surface area contributed by atoms with Gasteiger partial charge in [0.1, 0.15) is 0 Å². The van der Waals surface area contributed by atoms with Gasteiger partial charge < -0.3 is 10.8 Å². The summed E-state index contributed by atoms with van der Waals surface area (Å²) in [5.41, 5.74) is 9.59. The van der Waals surface area contributed by atoms with Crippen LogP contribution in [0.1, 0.15) is 11.1 Å². The number of aryl methyl sites for hydroxylation is 1. The van der Waals surface area contributed by atoms with E-state index >= 15 is 0 Å². The summed E-state index contributed by atoms with van der Waals surface area (Å²) in [7, 11) is 0. The van der Waals surface area contributed by atoms with E-state index in [1.165, 1.54) is 11.3 Å². The molecule has 0 aliphatic carbocycles. The van der Waals surface area contributed by atoms with E-state index in [2.05, 4.69) is 0 Å². The molecule has 0 bridgehead atoms. The molecule has 0 atom stereocenters. The molecule has 0 aliphatic rings. The van der Waals surface area contributed by atoms with E-state index in [1.54, 1.807) is 0 Å². The largest absolute Gasteiger partial charge is 0.481 e. The number of aliphatic carboxylic acids is 1. The third kappa shape index (κ3) is 2.65. The first-order chi connectivity index (χ1) is 8.06. The van der Waals surface area contributed by atoms with Gasteiger partial charge in [0.05, 0.1) is 6.42 Å². The SMILES string of the molecule is Cc1ccc(-c2cc(CC(=O)O)cs2)c(N)c1. The van der Waals surface area contributed by atoms with Gasteiger partial charge in [-0.3, -0.25) is 4.79 Å². The van der Waals surface area contributed by atoms with Crippen LogP contribution in [0, 0.1) is 6.92 Å². The lowest BCUT2D eigenvalue weighted by atomic mass is 10.1. The average Bonchev–Trinajstić information content (AvgIpc) is 2.65. The van der Waals surface area contributed by atoms with Crippen molar-refractivity contribution in [3.63, 3.8) is 0 Å². The van der Waals surface area contributed by atoms with Crippen molar-refractivity contribution in [1.29, 1.82) is 0 Å². The number of nitrogen functional groups attached to an aromatic ring is 1. The molecule has 3 N–H and O–H groups in total. The highest BCUT2D eigenvalue weighted by Gasteiger charge is 2.08. The molecule has 17 heavy (non-hydrogen) atoms. The molecule has 1 aromatic heterocycles. The van der Waals surface area contributed by atoms with Crippen LogP contribution in [0.25, 0.3) is 10.4 Å². The van der Waals surface area contributed by atoms with Crippen molar-refractivity contribution in [1.82, 2.24) is 0 Å².